The molecular formula is C16H22N4O2. The monoisotopic (exact) mass is 302 g/mol. The van der Waals surface area contributed by atoms with E-state index in [1.165, 1.54) is 0 Å². The van der Waals surface area contributed by atoms with Crippen LogP contribution >= 0.6 is 0 Å². The van der Waals surface area contributed by atoms with Crippen LogP contribution in [0.15, 0.2) is 24.7 Å². The minimum Gasteiger partial charge on any atom is -0.347 e. The Hall–Kier alpha value is -2.37. The Morgan fingerprint density at radius 1 is 1.36 bits per heavy atom. The molecule has 6 nitrogen and oxygen atoms in total. The largest absolute Gasteiger partial charge is 0.347 e. The van der Waals surface area contributed by atoms with Crippen molar-refractivity contribution in [2.45, 2.75) is 39.2 Å². The van der Waals surface area contributed by atoms with Crippen molar-refractivity contribution in [3.05, 3.63) is 36.1 Å². The van der Waals surface area contributed by atoms with Gasteiger partial charge < -0.3 is 15.6 Å². The number of aromatic nitrogens is 2. The van der Waals surface area contributed by atoms with E-state index < -0.39 is 6.04 Å². The fourth-order valence-electron chi connectivity index (χ4n) is 2.29. The Labute approximate surface area is 130 Å². The highest BCUT2D eigenvalue weighted by Crippen LogP contribution is 2.26. The van der Waals surface area contributed by atoms with Crippen molar-refractivity contribution in [1.29, 1.82) is 0 Å². The second-order valence-corrected chi connectivity index (χ2v) is 6.33. The van der Waals surface area contributed by atoms with Crippen LogP contribution in [0.4, 0.5) is 0 Å². The molecule has 1 atom stereocenters. The van der Waals surface area contributed by atoms with Gasteiger partial charge in [0.2, 0.25) is 5.91 Å². The van der Waals surface area contributed by atoms with Crippen LogP contribution in [0.5, 0.6) is 0 Å². The van der Waals surface area contributed by atoms with Gasteiger partial charge in [-0.1, -0.05) is 33.8 Å². The van der Waals surface area contributed by atoms with Gasteiger partial charge in [0, 0.05) is 5.41 Å². The highest BCUT2D eigenvalue weighted by Gasteiger charge is 2.32. The zero-order valence-electron chi connectivity index (χ0n) is 13.4. The first-order chi connectivity index (χ1) is 10.3. The van der Waals surface area contributed by atoms with Crippen LogP contribution < -0.4 is 10.6 Å². The molecule has 3 N–H and O–H groups in total. The number of carbonyl (C=O) groups is 2. The van der Waals surface area contributed by atoms with Crippen molar-refractivity contribution in [2.75, 3.05) is 0 Å². The molecule has 2 rings (SSSR count). The highest BCUT2D eigenvalue weighted by molar-refractivity contribution is 6.07. The number of rotatable bonds is 4. The number of piperazine rings is 1. The fourth-order valence-corrected chi connectivity index (χ4v) is 2.29. The third-order valence-electron chi connectivity index (χ3n) is 3.84. The first kappa shape index (κ1) is 16.0. The molecule has 22 heavy (non-hydrogen) atoms. The van der Waals surface area contributed by atoms with Gasteiger partial charge in [-0.15, -0.1) is 6.58 Å². The van der Waals surface area contributed by atoms with E-state index in [-0.39, 0.29) is 28.8 Å². The van der Waals surface area contributed by atoms with Gasteiger partial charge in [-0.05, 0) is 12.0 Å². The Kier molecular flexibility index (Phi) is 4.21. The number of allylic oxidation sites excluding steroid dienone is 1. The van der Waals surface area contributed by atoms with E-state index in [0.29, 0.717) is 5.69 Å². The lowest BCUT2D eigenvalue weighted by Crippen LogP contribution is -2.56. The summed E-state index contributed by atoms with van der Waals surface area (Å²) < 4.78 is 0. The second-order valence-electron chi connectivity index (χ2n) is 6.33. The first-order valence-corrected chi connectivity index (χ1v) is 7.27. The average molecular weight is 302 g/mol. The summed E-state index contributed by atoms with van der Waals surface area (Å²) in [4.78, 5) is 31.5. The molecule has 2 heterocycles. The lowest BCUT2D eigenvalue weighted by atomic mass is 9.88. The number of H-pyrrole nitrogens is 1. The van der Waals surface area contributed by atoms with Crippen molar-refractivity contribution in [3.63, 3.8) is 0 Å². The van der Waals surface area contributed by atoms with Gasteiger partial charge in [0.15, 0.2) is 0 Å². The lowest BCUT2D eigenvalue weighted by molar-refractivity contribution is -0.132. The highest BCUT2D eigenvalue weighted by atomic mass is 16.2. The normalized spacial score (nSPS) is 21.0. The molecule has 1 fully saturated rings. The summed E-state index contributed by atoms with van der Waals surface area (Å²) in [5.41, 5.74) is 1.33. The molecule has 0 aliphatic carbocycles. The number of aromatic amines is 1. The van der Waals surface area contributed by atoms with E-state index in [4.69, 9.17) is 0 Å². The minimum absolute atomic E-state index is 0.0335. The van der Waals surface area contributed by atoms with Crippen molar-refractivity contribution >= 4 is 17.9 Å². The molecule has 1 saturated heterocycles. The summed E-state index contributed by atoms with van der Waals surface area (Å²) in [6.07, 6.45) is 4.95. The molecule has 1 aliphatic rings. The standard InChI is InChI=1S/C16H22N4O2/c1-6-16(4,5)13-10(17-8-18-13)7-11-14(21)20-12(9(2)3)15(22)19-11/h6-9,12H,1H2,2-5H3,(H,17,18)(H,19,22)(H,20,21)/b11-7+. The van der Waals surface area contributed by atoms with Gasteiger partial charge in [-0.25, -0.2) is 4.98 Å². The predicted molar refractivity (Wildman–Crippen MR) is 84.7 cm³/mol. The summed E-state index contributed by atoms with van der Waals surface area (Å²) in [7, 11) is 0. The van der Waals surface area contributed by atoms with Gasteiger partial charge in [0.25, 0.3) is 5.91 Å². The topological polar surface area (TPSA) is 86.9 Å². The summed E-state index contributed by atoms with van der Waals surface area (Å²) in [5.74, 6) is -0.476. The van der Waals surface area contributed by atoms with E-state index in [0.717, 1.165) is 5.69 Å². The molecule has 1 aromatic rings. The number of nitrogens with one attached hydrogen (secondary N) is 3. The summed E-state index contributed by atoms with van der Waals surface area (Å²) in [6.45, 7) is 11.6. The molecule has 1 aromatic heterocycles. The van der Waals surface area contributed by atoms with Crippen LogP contribution in [0, 0.1) is 5.92 Å². The molecule has 6 heteroatoms. The number of imidazole rings is 1. The SMILES string of the molecule is C=CC(C)(C)c1[nH]cnc1/C=C1/NC(=O)C(C(C)C)NC1=O. The maximum Gasteiger partial charge on any atom is 0.268 e. The number of hydrogen-bond donors (Lipinski definition) is 3. The molecule has 0 saturated carbocycles. The Bertz CT molecular complexity index is 640. The third-order valence-corrected chi connectivity index (χ3v) is 3.84. The maximum atomic E-state index is 12.2. The smallest absolute Gasteiger partial charge is 0.268 e. The molecule has 1 aliphatic heterocycles. The van der Waals surface area contributed by atoms with E-state index >= 15 is 0 Å². The summed E-state index contributed by atoms with van der Waals surface area (Å²) in [5, 5.41) is 5.39. The van der Waals surface area contributed by atoms with Crippen LogP contribution in [0.1, 0.15) is 39.1 Å². The molecule has 2 amide bonds. The average Bonchev–Trinajstić information content (AvgIpc) is 2.91. The van der Waals surface area contributed by atoms with Crippen LogP contribution in [0.2, 0.25) is 0 Å². The van der Waals surface area contributed by atoms with Crippen LogP contribution in [0.25, 0.3) is 6.08 Å². The van der Waals surface area contributed by atoms with Crippen LogP contribution in [-0.2, 0) is 15.0 Å². The maximum absolute atomic E-state index is 12.2. The summed E-state index contributed by atoms with van der Waals surface area (Å²) >= 11 is 0. The predicted octanol–water partition coefficient (Wildman–Crippen LogP) is 1.48. The van der Waals surface area contributed by atoms with Crippen molar-refractivity contribution in [2.24, 2.45) is 5.92 Å². The Balaban J connectivity index is 2.32. The first-order valence-electron chi connectivity index (χ1n) is 7.27. The third kappa shape index (κ3) is 2.95. The number of amides is 2. The molecule has 0 radical (unpaired) electrons. The number of carbonyl (C=O) groups excluding carboxylic acids is 2. The number of hydrogen-bond acceptors (Lipinski definition) is 3. The molecule has 0 spiro atoms. The fraction of sp³-hybridized carbons (Fsp3) is 0.438. The van der Waals surface area contributed by atoms with Crippen LogP contribution in [-0.4, -0.2) is 27.8 Å². The van der Waals surface area contributed by atoms with E-state index in [1.54, 1.807) is 18.5 Å². The van der Waals surface area contributed by atoms with Gasteiger partial charge in [0.1, 0.15) is 11.7 Å². The second kappa shape index (κ2) is 5.79. The van der Waals surface area contributed by atoms with E-state index in [9.17, 15) is 9.59 Å². The van der Waals surface area contributed by atoms with Gasteiger partial charge in [-0.3, -0.25) is 9.59 Å². The van der Waals surface area contributed by atoms with Crippen LogP contribution in [0.3, 0.4) is 0 Å². The molecule has 118 valence electrons. The Morgan fingerprint density at radius 2 is 2.05 bits per heavy atom. The van der Waals surface area contributed by atoms with Gasteiger partial charge in [-0.2, -0.15) is 0 Å². The van der Waals surface area contributed by atoms with E-state index in [1.807, 2.05) is 27.7 Å². The number of nitrogens with zero attached hydrogens (tertiary/aromatic N) is 1. The molecule has 1 unspecified atom stereocenters. The van der Waals surface area contributed by atoms with Gasteiger partial charge >= 0.3 is 0 Å². The van der Waals surface area contributed by atoms with Crippen molar-refractivity contribution < 1.29 is 9.59 Å². The lowest BCUT2D eigenvalue weighted by Gasteiger charge is -2.27. The molecule has 0 aromatic carbocycles. The molecule has 0 bridgehead atoms. The summed E-state index contributed by atoms with van der Waals surface area (Å²) in [6, 6.07) is -0.507. The Morgan fingerprint density at radius 3 is 2.64 bits per heavy atom. The minimum atomic E-state index is -0.507. The van der Waals surface area contributed by atoms with Gasteiger partial charge in [0.05, 0.1) is 17.7 Å². The quantitative estimate of drug-likeness (QED) is 0.581. The zero-order chi connectivity index (χ0) is 16.5. The van der Waals surface area contributed by atoms with Crippen molar-refractivity contribution in [3.8, 4) is 0 Å². The van der Waals surface area contributed by atoms with E-state index in [2.05, 4.69) is 27.2 Å². The van der Waals surface area contributed by atoms with Crippen molar-refractivity contribution in [1.82, 2.24) is 20.6 Å². The molecular weight excluding hydrogens is 280 g/mol. The zero-order valence-corrected chi connectivity index (χ0v) is 13.4.